The first-order chi connectivity index (χ1) is 13.9. The second-order valence-electron chi connectivity index (χ2n) is 6.88. The van der Waals surface area contributed by atoms with E-state index in [9.17, 15) is 13.2 Å². The number of carbonyl (C=O) groups excluding carboxylic acids is 1. The average Bonchev–Trinajstić information content (AvgIpc) is 2.70. The van der Waals surface area contributed by atoms with Crippen LogP contribution in [-0.2, 0) is 14.8 Å². The molecule has 2 aromatic carbocycles. The Morgan fingerprint density at radius 2 is 1.86 bits per heavy atom. The van der Waals surface area contributed by atoms with E-state index in [0.717, 1.165) is 5.69 Å². The van der Waals surface area contributed by atoms with Crippen LogP contribution in [0.25, 0.3) is 0 Å². The number of benzene rings is 2. The third-order valence-electron chi connectivity index (χ3n) is 4.77. The number of likely N-dealkylation sites (tertiary alicyclic amines) is 1. The quantitative estimate of drug-likeness (QED) is 0.695. The van der Waals surface area contributed by atoms with Crippen molar-refractivity contribution in [2.75, 3.05) is 32.1 Å². The molecule has 156 valence electrons. The van der Waals surface area contributed by atoms with E-state index in [-0.39, 0.29) is 28.4 Å². The third kappa shape index (κ3) is 5.93. The van der Waals surface area contributed by atoms with Gasteiger partial charge >= 0.3 is 0 Å². The van der Waals surface area contributed by atoms with Gasteiger partial charge in [-0.15, -0.1) is 0 Å². The maximum Gasteiger partial charge on any atom is 0.240 e. The van der Waals surface area contributed by atoms with Gasteiger partial charge in [0.1, 0.15) is 5.75 Å². The first-order valence-electron chi connectivity index (χ1n) is 9.30. The van der Waals surface area contributed by atoms with E-state index < -0.39 is 10.0 Å². The minimum absolute atomic E-state index is 0.0805. The fourth-order valence-corrected chi connectivity index (χ4v) is 4.89. The largest absolute Gasteiger partial charge is 0.495 e. The van der Waals surface area contributed by atoms with Gasteiger partial charge in [-0.3, -0.25) is 9.69 Å². The summed E-state index contributed by atoms with van der Waals surface area (Å²) in [6.07, 6.45) is 1.25. The summed E-state index contributed by atoms with van der Waals surface area (Å²) in [4.78, 5) is 14.3. The number of nitrogens with zero attached hydrogens (tertiary/aromatic N) is 1. The van der Waals surface area contributed by atoms with Crippen molar-refractivity contribution in [2.24, 2.45) is 0 Å². The summed E-state index contributed by atoms with van der Waals surface area (Å²) in [6.45, 7) is 1.56. The first kappa shape index (κ1) is 21.6. The lowest BCUT2D eigenvalue weighted by Gasteiger charge is -2.31. The summed E-state index contributed by atoms with van der Waals surface area (Å²) in [6, 6.07) is 13.5. The van der Waals surface area contributed by atoms with Gasteiger partial charge < -0.3 is 10.1 Å². The van der Waals surface area contributed by atoms with Gasteiger partial charge in [0.05, 0.1) is 23.6 Å². The first-order valence-corrected chi connectivity index (χ1v) is 11.2. The number of rotatable bonds is 7. The molecule has 29 heavy (non-hydrogen) atoms. The molecule has 0 saturated carbocycles. The molecule has 2 aromatic rings. The number of sulfonamides is 1. The molecule has 3 rings (SSSR count). The lowest BCUT2D eigenvalue weighted by molar-refractivity contribution is -0.117. The molecular weight excluding hydrogens is 414 g/mol. The van der Waals surface area contributed by atoms with Crippen LogP contribution in [0.3, 0.4) is 0 Å². The van der Waals surface area contributed by atoms with Crippen LogP contribution in [0.1, 0.15) is 12.8 Å². The summed E-state index contributed by atoms with van der Waals surface area (Å²) in [5, 5.41) is 3.10. The average molecular weight is 438 g/mol. The molecule has 0 spiro atoms. The number of hydrogen-bond acceptors (Lipinski definition) is 5. The van der Waals surface area contributed by atoms with Gasteiger partial charge in [-0.2, -0.15) is 0 Å². The van der Waals surface area contributed by atoms with Crippen LogP contribution in [0.4, 0.5) is 5.69 Å². The number of ether oxygens (including phenoxy) is 1. The molecule has 2 N–H and O–H groups in total. The molecule has 1 aliphatic heterocycles. The molecule has 0 atom stereocenters. The van der Waals surface area contributed by atoms with Crippen molar-refractivity contribution in [3.8, 4) is 5.75 Å². The van der Waals surface area contributed by atoms with Gasteiger partial charge in [0.2, 0.25) is 15.9 Å². The van der Waals surface area contributed by atoms with Crippen molar-refractivity contribution >= 4 is 33.2 Å². The summed E-state index contributed by atoms with van der Waals surface area (Å²) in [7, 11) is -2.20. The Morgan fingerprint density at radius 1 is 1.17 bits per heavy atom. The smallest absolute Gasteiger partial charge is 0.240 e. The molecule has 1 fully saturated rings. The maximum atomic E-state index is 12.6. The van der Waals surface area contributed by atoms with Gasteiger partial charge in [0.25, 0.3) is 0 Å². The number of carbonyl (C=O) groups is 1. The number of methoxy groups -OCH3 is 1. The molecule has 1 aliphatic rings. The number of piperidine rings is 1. The van der Waals surface area contributed by atoms with Crippen LogP contribution in [-0.4, -0.2) is 52.0 Å². The molecule has 0 unspecified atom stereocenters. The Bertz CT molecular complexity index is 945. The highest BCUT2D eigenvalue weighted by Gasteiger charge is 2.26. The summed E-state index contributed by atoms with van der Waals surface area (Å²) < 4.78 is 33.0. The van der Waals surface area contributed by atoms with Crippen LogP contribution in [0.15, 0.2) is 53.4 Å². The number of halogens is 1. The topological polar surface area (TPSA) is 87.7 Å². The molecule has 0 aliphatic carbocycles. The Balaban J connectivity index is 1.50. The predicted molar refractivity (Wildman–Crippen MR) is 113 cm³/mol. The zero-order valence-electron chi connectivity index (χ0n) is 16.1. The van der Waals surface area contributed by atoms with E-state index in [1.165, 1.54) is 25.3 Å². The molecule has 0 aromatic heterocycles. The second kappa shape index (κ2) is 9.58. The van der Waals surface area contributed by atoms with Crippen LogP contribution in [0, 0.1) is 0 Å². The zero-order valence-corrected chi connectivity index (χ0v) is 17.7. The zero-order chi connectivity index (χ0) is 20.9. The minimum atomic E-state index is -3.68. The van der Waals surface area contributed by atoms with Gasteiger partial charge in [-0.25, -0.2) is 13.1 Å². The highest BCUT2D eigenvalue weighted by Crippen LogP contribution is 2.27. The van der Waals surface area contributed by atoms with Crippen molar-refractivity contribution < 1.29 is 17.9 Å². The minimum Gasteiger partial charge on any atom is -0.495 e. The fraction of sp³-hybridized carbons (Fsp3) is 0.350. The monoisotopic (exact) mass is 437 g/mol. The molecule has 7 nitrogen and oxygen atoms in total. The van der Waals surface area contributed by atoms with E-state index in [1.54, 1.807) is 0 Å². The van der Waals surface area contributed by atoms with Gasteiger partial charge in [0.15, 0.2) is 0 Å². The molecule has 1 heterocycles. The molecule has 9 heteroatoms. The molecular formula is C20H24ClN3O4S. The molecule has 0 radical (unpaired) electrons. The fourth-order valence-electron chi connectivity index (χ4n) is 3.24. The summed E-state index contributed by atoms with van der Waals surface area (Å²) in [5.74, 6) is 0.343. The normalized spacial score (nSPS) is 15.8. The Hall–Kier alpha value is -2.13. The molecule has 1 saturated heterocycles. The van der Waals surface area contributed by atoms with E-state index in [2.05, 4.69) is 10.0 Å². The van der Waals surface area contributed by atoms with E-state index in [0.29, 0.717) is 31.7 Å². The van der Waals surface area contributed by atoms with Crippen molar-refractivity contribution in [1.82, 2.24) is 9.62 Å². The Morgan fingerprint density at radius 3 is 2.48 bits per heavy atom. The molecule has 1 amide bonds. The third-order valence-corrected chi connectivity index (χ3v) is 6.58. The van der Waals surface area contributed by atoms with Crippen molar-refractivity contribution in [2.45, 2.75) is 23.8 Å². The highest BCUT2D eigenvalue weighted by atomic mass is 35.5. The van der Waals surface area contributed by atoms with Gasteiger partial charge in [0, 0.05) is 24.8 Å². The maximum absolute atomic E-state index is 12.6. The summed E-state index contributed by atoms with van der Waals surface area (Å²) in [5.41, 5.74) is 0.762. The van der Waals surface area contributed by atoms with Gasteiger partial charge in [-0.1, -0.05) is 29.8 Å². The number of amides is 1. The lowest BCUT2D eigenvalue weighted by Crippen LogP contribution is -2.46. The summed E-state index contributed by atoms with van der Waals surface area (Å²) >= 11 is 6.04. The molecule has 0 bridgehead atoms. The predicted octanol–water partition coefficient (Wildman–Crippen LogP) is 2.73. The Labute approximate surface area is 176 Å². The number of hydrogen-bond donors (Lipinski definition) is 2. The Kier molecular flexibility index (Phi) is 7.13. The standard InChI is InChI=1S/C20H24ClN3O4S/c1-28-19-8-7-17(13-18(19)21)29(26,27)23-16-9-11-24(12-10-16)14-20(25)22-15-5-3-2-4-6-15/h2-8,13,16,23H,9-12,14H2,1H3,(H,22,25). The SMILES string of the molecule is COc1ccc(S(=O)(=O)NC2CCN(CC(=O)Nc3ccccc3)CC2)cc1Cl. The van der Waals surface area contributed by atoms with Crippen LogP contribution < -0.4 is 14.8 Å². The van der Waals surface area contributed by atoms with Crippen LogP contribution >= 0.6 is 11.6 Å². The number of anilines is 1. The van der Waals surface area contributed by atoms with Crippen LogP contribution in [0.2, 0.25) is 5.02 Å². The number of nitrogens with one attached hydrogen (secondary N) is 2. The van der Waals surface area contributed by atoms with Crippen molar-refractivity contribution in [3.05, 3.63) is 53.6 Å². The second-order valence-corrected chi connectivity index (χ2v) is 9.00. The van der Waals surface area contributed by atoms with E-state index in [1.807, 2.05) is 35.2 Å². The van der Waals surface area contributed by atoms with E-state index >= 15 is 0 Å². The van der Waals surface area contributed by atoms with Crippen molar-refractivity contribution in [1.29, 1.82) is 0 Å². The highest BCUT2D eigenvalue weighted by molar-refractivity contribution is 7.89. The lowest BCUT2D eigenvalue weighted by atomic mass is 10.1. The number of para-hydroxylation sites is 1. The van der Waals surface area contributed by atoms with Gasteiger partial charge in [-0.05, 0) is 43.2 Å². The van der Waals surface area contributed by atoms with Crippen LogP contribution in [0.5, 0.6) is 5.75 Å². The van der Waals surface area contributed by atoms with E-state index in [4.69, 9.17) is 16.3 Å². The van der Waals surface area contributed by atoms with Crippen molar-refractivity contribution in [3.63, 3.8) is 0 Å².